The van der Waals surface area contributed by atoms with E-state index in [0.29, 0.717) is 10.8 Å². The van der Waals surface area contributed by atoms with Crippen molar-refractivity contribution in [2.24, 2.45) is 0 Å². The van der Waals surface area contributed by atoms with E-state index >= 15 is 0 Å². The summed E-state index contributed by atoms with van der Waals surface area (Å²) in [6.07, 6.45) is 0.736. The predicted molar refractivity (Wildman–Crippen MR) is 71.3 cm³/mol. The van der Waals surface area contributed by atoms with Crippen LogP contribution < -0.4 is 5.56 Å². The molecule has 3 aromatic rings. The molecule has 0 unspecified atom stereocenters. The SMILES string of the molecule is CCc1ccc2c(c1)c(=O)[nH]c1c(F)c(F)c(F)cc12. The largest absolute Gasteiger partial charge is 0.319 e. The van der Waals surface area contributed by atoms with Gasteiger partial charge >= 0.3 is 0 Å². The maximum atomic E-state index is 13.7. The van der Waals surface area contributed by atoms with Gasteiger partial charge in [-0.3, -0.25) is 4.79 Å². The molecule has 102 valence electrons. The first-order chi connectivity index (χ1) is 9.52. The molecule has 0 fully saturated rings. The average Bonchev–Trinajstić information content (AvgIpc) is 2.46. The van der Waals surface area contributed by atoms with Gasteiger partial charge in [0.1, 0.15) is 0 Å². The number of rotatable bonds is 1. The zero-order valence-corrected chi connectivity index (χ0v) is 10.6. The molecule has 0 aliphatic heterocycles. The Kier molecular flexibility index (Phi) is 2.78. The smallest absolute Gasteiger partial charge is 0.256 e. The Hall–Kier alpha value is -2.30. The lowest BCUT2D eigenvalue weighted by atomic mass is 10.0. The Morgan fingerprint density at radius 3 is 2.45 bits per heavy atom. The number of hydrogen-bond acceptors (Lipinski definition) is 1. The second-order valence-corrected chi connectivity index (χ2v) is 4.60. The molecule has 2 nitrogen and oxygen atoms in total. The zero-order valence-electron chi connectivity index (χ0n) is 10.6. The molecule has 3 rings (SSSR count). The van der Waals surface area contributed by atoms with Gasteiger partial charge < -0.3 is 4.98 Å². The highest BCUT2D eigenvalue weighted by Gasteiger charge is 2.17. The lowest BCUT2D eigenvalue weighted by Crippen LogP contribution is -2.09. The standard InChI is InChI=1S/C15H10F3NO/c1-2-7-3-4-8-9-6-11(16)12(17)13(18)14(9)19-15(20)10(8)5-7/h3-6H,2H2,1H3,(H,19,20). The van der Waals surface area contributed by atoms with E-state index < -0.39 is 23.0 Å². The maximum Gasteiger partial charge on any atom is 0.256 e. The minimum Gasteiger partial charge on any atom is -0.319 e. The Morgan fingerprint density at radius 1 is 1.00 bits per heavy atom. The van der Waals surface area contributed by atoms with Crippen LogP contribution in [0.3, 0.4) is 0 Å². The lowest BCUT2D eigenvalue weighted by Gasteiger charge is -2.07. The van der Waals surface area contributed by atoms with Gasteiger partial charge in [0.05, 0.1) is 5.52 Å². The van der Waals surface area contributed by atoms with Gasteiger partial charge in [-0.2, -0.15) is 0 Å². The summed E-state index contributed by atoms with van der Waals surface area (Å²) in [5.41, 5.74) is 0.101. The van der Waals surface area contributed by atoms with Gasteiger partial charge in [-0.25, -0.2) is 13.2 Å². The fraction of sp³-hybridized carbons (Fsp3) is 0.133. The van der Waals surface area contributed by atoms with E-state index in [1.807, 2.05) is 6.92 Å². The number of halogens is 3. The van der Waals surface area contributed by atoms with Crippen LogP contribution in [0.15, 0.2) is 29.1 Å². The van der Waals surface area contributed by atoms with Crippen molar-refractivity contribution in [3.8, 4) is 0 Å². The van der Waals surface area contributed by atoms with Crippen molar-refractivity contribution in [1.29, 1.82) is 0 Å². The van der Waals surface area contributed by atoms with Gasteiger partial charge in [-0.1, -0.05) is 19.1 Å². The number of aromatic nitrogens is 1. The molecule has 0 aliphatic carbocycles. The quantitative estimate of drug-likeness (QED) is 0.534. The predicted octanol–water partition coefficient (Wildman–Crippen LogP) is 3.66. The highest BCUT2D eigenvalue weighted by Crippen LogP contribution is 2.27. The molecule has 0 saturated carbocycles. The van der Waals surface area contributed by atoms with E-state index in [1.54, 1.807) is 18.2 Å². The summed E-state index contributed by atoms with van der Waals surface area (Å²) in [4.78, 5) is 14.3. The zero-order chi connectivity index (χ0) is 14.4. The van der Waals surface area contributed by atoms with Crippen LogP contribution in [0.1, 0.15) is 12.5 Å². The van der Waals surface area contributed by atoms with Gasteiger partial charge in [0.25, 0.3) is 5.56 Å². The van der Waals surface area contributed by atoms with Crippen molar-refractivity contribution < 1.29 is 13.2 Å². The van der Waals surface area contributed by atoms with Gasteiger partial charge in [0.15, 0.2) is 17.5 Å². The molecule has 5 heteroatoms. The topological polar surface area (TPSA) is 32.9 Å². The number of nitrogens with one attached hydrogen (secondary N) is 1. The van der Waals surface area contributed by atoms with Gasteiger partial charge in [-0.05, 0) is 29.5 Å². The van der Waals surface area contributed by atoms with Gasteiger partial charge in [0, 0.05) is 10.8 Å². The Morgan fingerprint density at radius 2 is 1.75 bits per heavy atom. The Labute approximate surface area is 111 Å². The first-order valence-corrected chi connectivity index (χ1v) is 6.15. The van der Waals surface area contributed by atoms with Crippen LogP contribution in [0.4, 0.5) is 13.2 Å². The van der Waals surface area contributed by atoms with E-state index in [0.717, 1.165) is 18.1 Å². The van der Waals surface area contributed by atoms with E-state index in [9.17, 15) is 18.0 Å². The number of fused-ring (bicyclic) bond motifs is 3. The van der Waals surface area contributed by atoms with Gasteiger partial charge in [-0.15, -0.1) is 0 Å². The summed E-state index contributed by atoms with van der Waals surface area (Å²) < 4.78 is 40.3. The molecule has 0 radical (unpaired) electrons. The first-order valence-electron chi connectivity index (χ1n) is 6.15. The van der Waals surface area contributed by atoms with E-state index in [-0.39, 0.29) is 10.9 Å². The number of aromatic amines is 1. The lowest BCUT2D eigenvalue weighted by molar-refractivity contribution is 0.452. The summed E-state index contributed by atoms with van der Waals surface area (Å²) in [6.45, 7) is 1.94. The van der Waals surface area contributed by atoms with E-state index in [1.165, 1.54) is 0 Å². The van der Waals surface area contributed by atoms with E-state index in [4.69, 9.17) is 0 Å². The fourth-order valence-electron chi connectivity index (χ4n) is 2.34. The molecule has 0 amide bonds. The summed E-state index contributed by atoms with van der Waals surface area (Å²) in [7, 11) is 0. The molecule has 0 bridgehead atoms. The molecule has 1 N–H and O–H groups in total. The van der Waals surface area contributed by atoms with Crippen molar-refractivity contribution >= 4 is 21.7 Å². The first kappa shape index (κ1) is 12.7. The molecule has 0 atom stereocenters. The molecule has 1 aromatic heterocycles. The van der Waals surface area contributed by atoms with Crippen LogP contribution in [0.25, 0.3) is 21.7 Å². The Balaban J connectivity index is 2.57. The third kappa shape index (κ3) is 1.70. The Bertz CT molecular complexity index is 899. The molecule has 0 aliphatic rings. The van der Waals surface area contributed by atoms with Crippen LogP contribution in [0, 0.1) is 17.5 Å². The molecule has 0 saturated heterocycles. The number of aryl methyl sites for hydroxylation is 1. The summed E-state index contributed by atoms with van der Waals surface area (Å²) in [5.74, 6) is -4.24. The summed E-state index contributed by atoms with van der Waals surface area (Å²) in [5, 5.41) is 0.889. The normalized spacial score (nSPS) is 11.4. The third-order valence-electron chi connectivity index (χ3n) is 3.43. The molecule has 1 heterocycles. The van der Waals surface area contributed by atoms with Crippen LogP contribution >= 0.6 is 0 Å². The molecule has 20 heavy (non-hydrogen) atoms. The van der Waals surface area contributed by atoms with Crippen molar-refractivity contribution in [2.45, 2.75) is 13.3 Å². The monoisotopic (exact) mass is 277 g/mol. The molecule has 2 aromatic carbocycles. The van der Waals surface area contributed by atoms with E-state index in [2.05, 4.69) is 4.98 Å². The van der Waals surface area contributed by atoms with Crippen LogP contribution in [0.5, 0.6) is 0 Å². The molecular formula is C15H10F3NO. The minimum absolute atomic E-state index is 0.152. The van der Waals surface area contributed by atoms with Gasteiger partial charge in [0.2, 0.25) is 0 Å². The summed E-state index contributed by atoms with van der Waals surface area (Å²) >= 11 is 0. The highest BCUT2D eigenvalue weighted by atomic mass is 19.2. The maximum absolute atomic E-state index is 13.7. The second kappa shape index (κ2) is 4.37. The summed E-state index contributed by atoms with van der Waals surface area (Å²) in [6, 6.07) is 5.98. The number of benzene rings is 2. The second-order valence-electron chi connectivity index (χ2n) is 4.60. The number of hydrogen-bond donors (Lipinski definition) is 1. The van der Waals surface area contributed by atoms with Crippen molar-refractivity contribution in [1.82, 2.24) is 4.98 Å². The molecular weight excluding hydrogens is 267 g/mol. The van der Waals surface area contributed by atoms with Crippen LogP contribution in [-0.2, 0) is 6.42 Å². The molecule has 0 spiro atoms. The van der Waals surface area contributed by atoms with Crippen molar-refractivity contribution in [2.75, 3.05) is 0 Å². The van der Waals surface area contributed by atoms with Crippen LogP contribution in [-0.4, -0.2) is 4.98 Å². The third-order valence-corrected chi connectivity index (χ3v) is 3.43. The van der Waals surface area contributed by atoms with Crippen molar-refractivity contribution in [3.63, 3.8) is 0 Å². The fourth-order valence-corrected chi connectivity index (χ4v) is 2.34. The highest BCUT2D eigenvalue weighted by molar-refractivity contribution is 6.05. The van der Waals surface area contributed by atoms with Crippen molar-refractivity contribution in [3.05, 3.63) is 57.6 Å². The average molecular weight is 277 g/mol. The number of pyridine rings is 1. The number of H-pyrrole nitrogens is 1. The van der Waals surface area contributed by atoms with Crippen LogP contribution in [0.2, 0.25) is 0 Å². The minimum atomic E-state index is -1.59.